The summed E-state index contributed by atoms with van der Waals surface area (Å²) < 4.78 is 0.860. The van der Waals surface area contributed by atoms with E-state index in [0.717, 1.165) is 4.47 Å². The van der Waals surface area contributed by atoms with Gasteiger partial charge >= 0.3 is 0 Å². The van der Waals surface area contributed by atoms with Gasteiger partial charge in [-0.3, -0.25) is 4.79 Å². The molecule has 0 bridgehead atoms. The van der Waals surface area contributed by atoms with Gasteiger partial charge in [-0.15, -0.1) is 12.6 Å². The first kappa shape index (κ1) is 14.6. The second-order valence-electron chi connectivity index (χ2n) is 4.15. The maximum absolute atomic E-state index is 12.5. The van der Waals surface area contributed by atoms with Gasteiger partial charge < -0.3 is 4.90 Å². The van der Waals surface area contributed by atoms with Crippen molar-refractivity contribution in [2.24, 2.45) is 0 Å². The Morgan fingerprint density at radius 1 is 1.30 bits per heavy atom. The second-order valence-corrected chi connectivity index (χ2v) is 5.55. The second kappa shape index (κ2) is 6.12. The third kappa shape index (κ3) is 2.87. The molecular weight excluding hydrogens is 336 g/mol. The highest BCUT2D eigenvalue weighted by atomic mass is 79.9. The van der Waals surface area contributed by atoms with Gasteiger partial charge in [0.1, 0.15) is 6.07 Å². The molecule has 0 atom stereocenters. The molecule has 0 radical (unpaired) electrons. The fraction of sp³-hybridized carbons (Fsp3) is 0.0667. The molecule has 3 nitrogen and oxygen atoms in total. The quantitative estimate of drug-likeness (QED) is 0.838. The van der Waals surface area contributed by atoms with Crippen LogP contribution in [0, 0.1) is 11.3 Å². The maximum atomic E-state index is 12.5. The van der Waals surface area contributed by atoms with Crippen LogP contribution in [0.4, 0.5) is 5.69 Å². The van der Waals surface area contributed by atoms with Crippen molar-refractivity contribution in [2.75, 3.05) is 11.9 Å². The Balaban J connectivity index is 2.41. The molecule has 20 heavy (non-hydrogen) atoms. The highest BCUT2D eigenvalue weighted by molar-refractivity contribution is 9.10. The van der Waals surface area contributed by atoms with E-state index in [2.05, 4.69) is 34.6 Å². The van der Waals surface area contributed by atoms with Crippen LogP contribution in [0.25, 0.3) is 0 Å². The van der Waals surface area contributed by atoms with Crippen LogP contribution in [-0.2, 0) is 0 Å². The number of para-hydroxylation sites is 1. The van der Waals surface area contributed by atoms with Crippen LogP contribution >= 0.6 is 28.6 Å². The fourth-order valence-electron chi connectivity index (χ4n) is 1.84. The molecule has 0 aromatic heterocycles. The molecule has 2 aromatic carbocycles. The summed E-state index contributed by atoms with van der Waals surface area (Å²) in [6.45, 7) is 0. The van der Waals surface area contributed by atoms with Gasteiger partial charge in [0.25, 0.3) is 5.91 Å². The number of nitriles is 1. The van der Waals surface area contributed by atoms with Gasteiger partial charge in [0.2, 0.25) is 0 Å². The predicted octanol–water partition coefficient (Wildman–Crippen LogP) is 3.89. The first-order valence-electron chi connectivity index (χ1n) is 5.80. The van der Waals surface area contributed by atoms with Crippen molar-refractivity contribution in [1.29, 1.82) is 5.26 Å². The monoisotopic (exact) mass is 346 g/mol. The van der Waals surface area contributed by atoms with Crippen LogP contribution < -0.4 is 4.90 Å². The van der Waals surface area contributed by atoms with E-state index in [9.17, 15) is 4.79 Å². The molecule has 1 amide bonds. The van der Waals surface area contributed by atoms with Crippen molar-refractivity contribution >= 4 is 40.2 Å². The van der Waals surface area contributed by atoms with E-state index in [-0.39, 0.29) is 5.91 Å². The van der Waals surface area contributed by atoms with Crippen LogP contribution in [0.5, 0.6) is 0 Å². The molecule has 0 saturated heterocycles. The molecule has 0 aliphatic rings. The van der Waals surface area contributed by atoms with Gasteiger partial charge in [0.05, 0.1) is 16.8 Å². The standard InChI is InChI=1S/C15H11BrN2OS/c1-18(13-5-3-2-4-10(13)9-17)15(19)12-7-6-11(16)8-14(12)20/h2-8,20H,1H3. The lowest BCUT2D eigenvalue weighted by molar-refractivity contribution is 0.0990. The van der Waals surface area contributed by atoms with Gasteiger partial charge in [-0.05, 0) is 30.3 Å². The average molecular weight is 347 g/mol. The van der Waals surface area contributed by atoms with Crippen LogP contribution in [0.3, 0.4) is 0 Å². The Morgan fingerprint density at radius 3 is 2.65 bits per heavy atom. The van der Waals surface area contributed by atoms with E-state index >= 15 is 0 Å². The zero-order chi connectivity index (χ0) is 14.7. The molecule has 0 N–H and O–H groups in total. The lowest BCUT2D eigenvalue weighted by atomic mass is 10.1. The number of benzene rings is 2. The number of hydrogen-bond donors (Lipinski definition) is 1. The number of anilines is 1. The molecule has 0 fully saturated rings. The van der Waals surface area contributed by atoms with Crippen LogP contribution in [0.2, 0.25) is 0 Å². The minimum atomic E-state index is -0.204. The summed E-state index contributed by atoms with van der Waals surface area (Å²) in [5, 5.41) is 9.10. The summed E-state index contributed by atoms with van der Waals surface area (Å²) in [6, 6.07) is 14.3. The molecule has 0 aliphatic heterocycles. The third-order valence-electron chi connectivity index (χ3n) is 2.88. The number of thiol groups is 1. The number of amides is 1. The van der Waals surface area contributed by atoms with E-state index in [1.807, 2.05) is 0 Å². The van der Waals surface area contributed by atoms with Crippen molar-refractivity contribution in [3.8, 4) is 6.07 Å². The van der Waals surface area contributed by atoms with Gasteiger partial charge in [-0.2, -0.15) is 5.26 Å². The minimum absolute atomic E-state index is 0.204. The Hall–Kier alpha value is -1.77. The molecule has 5 heteroatoms. The van der Waals surface area contributed by atoms with Crippen molar-refractivity contribution in [1.82, 2.24) is 0 Å². The Labute approximate surface area is 131 Å². The zero-order valence-electron chi connectivity index (χ0n) is 10.7. The van der Waals surface area contributed by atoms with Gasteiger partial charge in [0.15, 0.2) is 0 Å². The first-order valence-corrected chi connectivity index (χ1v) is 7.04. The molecule has 0 spiro atoms. The van der Waals surface area contributed by atoms with E-state index in [0.29, 0.717) is 21.7 Å². The predicted molar refractivity (Wildman–Crippen MR) is 85.3 cm³/mol. The number of hydrogen-bond acceptors (Lipinski definition) is 3. The number of carbonyl (C=O) groups excluding carboxylic acids is 1. The van der Waals surface area contributed by atoms with Crippen molar-refractivity contribution in [2.45, 2.75) is 4.90 Å². The van der Waals surface area contributed by atoms with Crippen LogP contribution in [0.15, 0.2) is 51.8 Å². The summed E-state index contributed by atoms with van der Waals surface area (Å²) in [5.74, 6) is -0.204. The minimum Gasteiger partial charge on any atom is -0.310 e. The number of carbonyl (C=O) groups is 1. The SMILES string of the molecule is CN(C(=O)c1ccc(Br)cc1S)c1ccccc1C#N. The zero-order valence-corrected chi connectivity index (χ0v) is 13.1. The molecule has 2 aromatic rings. The van der Waals surface area contributed by atoms with Gasteiger partial charge in [-0.1, -0.05) is 28.1 Å². The van der Waals surface area contributed by atoms with E-state index in [1.54, 1.807) is 49.5 Å². The van der Waals surface area contributed by atoms with Gasteiger partial charge in [-0.25, -0.2) is 0 Å². The average Bonchev–Trinajstić information content (AvgIpc) is 2.45. The van der Waals surface area contributed by atoms with Crippen molar-refractivity contribution < 1.29 is 4.79 Å². The molecular formula is C15H11BrN2OS. The smallest absolute Gasteiger partial charge is 0.259 e. The summed E-state index contributed by atoms with van der Waals surface area (Å²) in [7, 11) is 1.65. The van der Waals surface area contributed by atoms with Crippen LogP contribution in [-0.4, -0.2) is 13.0 Å². The summed E-state index contributed by atoms with van der Waals surface area (Å²) in [6.07, 6.45) is 0. The van der Waals surface area contributed by atoms with Crippen LogP contribution in [0.1, 0.15) is 15.9 Å². The van der Waals surface area contributed by atoms with Gasteiger partial charge in [0, 0.05) is 16.4 Å². The first-order chi connectivity index (χ1) is 9.54. The topological polar surface area (TPSA) is 44.1 Å². The molecule has 2 rings (SSSR count). The van der Waals surface area contributed by atoms with E-state index < -0.39 is 0 Å². The molecule has 100 valence electrons. The normalized spacial score (nSPS) is 9.90. The number of halogens is 1. The molecule has 0 unspecified atom stereocenters. The fourth-order valence-corrected chi connectivity index (χ4v) is 2.68. The molecule has 0 aliphatic carbocycles. The Morgan fingerprint density at radius 2 is 2.00 bits per heavy atom. The maximum Gasteiger partial charge on any atom is 0.259 e. The lowest BCUT2D eigenvalue weighted by Gasteiger charge is -2.19. The van der Waals surface area contributed by atoms with E-state index in [1.165, 1.54) is 4.90 Å². The summed E-state index contributed by atoms with van der Waals surface area (Å²) in [5.41, 5.74) is 1.53. The third-order valence-corrected chi connectivity index (χ3v) is 3.74. The summed E-state index contributed by atoms with van der Waals surface area (Å²) in [4.78, 5) is 14.5. The highest BCUT2D eigenvalue weighted by Gasteiger charge is 2.18. The number of nitrogens with zero attached hydrogens (tertiary/aromatic N) is 2. The van der Waals surface area contributed by atoms with Crippen molar-refractivity contribution in [3.05, 3.63) is 58.1 Å². The lowest BCUT2D eigenvalue weighted by Crippen LogP contribution is -2.27. The van der Waals surface area contributed by atoms with E-state index in [4.69, 9.17) is 5.26 Å². The number of rotatable bonds is 2. The van der Waals surface area contributed by atoms with Crippen molar-refractivity contribution in [3.63, 3.8) is 0 Å². The largest absolute Gasteiger partial charge is 0.310 e. The summed E-state index contributed by atoms with van der Waals surface area (Å²) >= 11 is 7.65. The molecule has 0 heterocycles. The highest BCUT2D eigenvalue weighted by Crippen LogP contribution is 2.24. The Kier molecular flexibility index (Phi) is 4.48. The Bertz CT molecular complexity index is 709. The molecule has 0 saturated carbocycles.